The van der Waals surface area contributed by atoms with Crippen molar-refractivity contribution in [2.24, 2.45) is 23.7 Å². The van der Waals surface area contributed by atoms with Crippen LogP contribution >= 0.6 is 0 Å². The van der Waals surface area contributed by atoms with Crippen LogP contribution in [0, 0.1) is 23.7 Å². The molecule has 136 valence electrons. The molecule has 0 spiro atoms. The van der Waals surface area contributed by atoms with Crippen LogP contribution < -0.4 is 0 Å². The second-order valence-electron chi connectivity index (χ2n) is 8.41. The molecule has 0 heteroatoms. The lowest BCUT2D eigenvalue weighted by molar-refractivity contribution is 0.255. The number of hydrogen-bond donors (Lipinski definition) is 0. The van der Waals surface area contributed by atoms with E-state index in [0.717, 1.165) is 23.7 Å². The minimum Gasteiger partial charge on any atom is -0.103 e. The molecule has 24 heavy (non-hydrogen) atoms. The van der Waals surface area contributed by atoms with E-state index in [0.29, 0.717) is 0 Å². The summed E-state index contributed by atoms with van der Waals surface area (Å²) in [4.78, 5) is 0. The Morgan fingerprint density at radius 3 is 1.46 bits per heavy atom. The molecule has 2 saturated carbocycles. The SMILES string of the molecule is C=CCCC1CCC(/C=C/CCC2CCC(CCC=C)CC2)CC1. The molecule has 0 aromatic heterocycles. The van der Waals surface area contributed by atoms with E-state index in [2.05, 4.69) is 37.5 Å². The molecule has 0 aromatic rings. The zero-order valence-corrected chi connectivity index (χ0v) is 15.9. The van der Waals surface area contributed by atoms with Crippen molar-refractivity contribution >= 4 is 0 Å². The first-order valence-corrected chi connectivity index (χ1v) is 10.7. The average Bonchev–Trinajstić information content (AvgIpc) is 2.64. The monoisotopic (exact) mass is 328 g/mol. The molecule has 0 amide bonds. The molecule has 0 nitrogen and oxygen atoms in total. The zero-order chi connectivity index (χ0) is 17.0. The first-order valence-electron chi connectivity index (χ1n) is 10.7. The summed E-state index contributed by atoms with van der Waals surface area (Å²) in [6.07, 6.45) is 28.8. The summed E-state index contributed by atoms with van der Waals surface area (Å²) in [6.45, 7) is 7.70. The van der Waals surface area contributed by atoms with Gasteiger partial charge in [0.25, 0.3) is 0 Å². The van der Waals surface area contributed by atoms with Crippen LogP contribution in [-0.2, 0) is 0 Å². The maximum absolute atomic E-state index is 3.85. The molecule has 0 aromatic carbocycles. The van der Waals surface area contributed by atoms with E-state index in [1.807, 2.05) is 0 Å². The molecule has 2 aliphatic rings. The smallest absolute Gasteiger partial charge is 0.0233 e. The van der Waals surface area contributed by atoms with Gasteiger partial charge in [-0.2, -0.15) is 0 Å². The predicted octanol–water partition coefficient (Wildman–Crippen LogP) is 7.87. The van der Waals surface area contributed by atoms with E-state index in [1.165, 1.54) is 89.9 Å². The van der Waals surface area contributed by atoms with E-state index < -0.39 is 0 Å². The van der Waals surface area contributed by atoms with Crippen LogP contribution in [0.15, 0.2) is 37.5 Å². The van der Waals surface area contributed by atoms with Gasteiger partial charge in [0.2, 0.25) is 0 Å². The Balaban J connectivity index is 1.52. The molecule has 0 aliphatic heterocycles. The molecule has 2 rings (SSSR count). The van der Waals surface area contributed by atoms with Crippen LogP contribution in [0.3, 0.4) is 0 Å². The van der Waals surface area contributed by atoms with Crippen LogP contribution in [0.5, 0.6) is 0 Å². The Labute approximate surface area is 151 Å². The normalized spacial score (nSPS) is 31.2. The fourth-order valence-electron chi connectivity index (χ4n) is 4.81. The molecule has 2 aliphatic carbocycles. The highest BCUT2D eigenvalue weighted by Crippen LogP contribution is 2.35. The highest BCUT2D eigenvalue weighted by atomic mass is 14.3. The molecule has 2 fully saturated rings. The van der Waals surface area contributed by atoms with Crippen molar-refractivity contribution in [1.82, 2.24) is 0 Å². The zero-order valence-electron chi connectivity index (χ0n) is 15.9. The van der Waals surface area contributed by atoms with E-state index in [-0.39, 0.29) is 0 Å². The standard InChI is InChI=1S/C24H40/c1-3-5-9-21-13-17-23(18-14-21)11-7-8-12-24-19-15-22(16-20-24)10-6-4-2/h3-4,7,11,21-24H,1-2,5-6,8-10,12-20H2/b11-7+. The van der Waals surface area contributed by atoms with Gasteiger partial charge in [-0.25, -0.2) is 0 Å². The van der Waals surface area contributed by atoms with Gasteiger partial charge in [-0.05, 0) is 87.9 Å². The number of hydrogen-bond acceptors (Lipinski definition) is 0. The van der Waals surface area contributed by atoms with Gasteiger partial charge >= 0.3 is 0 Å². The number of rotatable bonds is 10. The summed E-state index contributed by atoms with van der Waals surface area (Å²) >= 11 is 0. The fraction of sp³-hybridized carbons (Fsp3) is 0.750. The summed E-state index contributed by atoms with van der Waals surface area (Å²) in [6, 6.07) is 0. The maximum Gasteiger partial charge on any atom is -0.0233 e. The molecular weight excluding hydrogens is 288 g/mol. The second-order valence-corrected chi connectivity index (χ2v) is 8.41. The Kier molecular flexibility index (Phi) is 9.54. The molecule has 0 N–H and O–H groups in total. The van der Waals surface area contributed by atoms with Gasteiger partial charge in [0, 0.05) is 0 Å². The van der Waals surface area contributed by atoms with Crippen LogP contribution in [0.4, 0.5) is 0 Å². The van der Waals surface area contributed by atoms with Crippen molar-refractivity contribution in [2.45, 2.75) is 89.9 Å². The minimum atomic E-state index is 0.875. The van der Waals surface area contributed by atoms with Crippen LogP contribution in [0.25, 0.3) is 0 Å². The van der Waals surface area contributed by atoms with E-state index in [4.69, 9.17) is 0 Å². The third kappa shape index (κ3) is 7.41. The summed E-state index contributed by atoms with van der Waals surface area (Å²) in [5.41, 5.74) is 0. The van der Waals surface area contributed by atoms with Crippen LogP contribution in [-0.4, -0.2) is 0 Å². The summed E-state index contributed by atoms with van der Waals surface area (Å²) in [5.74, 6) is 3.85. The predicted molar refractivity (Wildman–Crippen MR) is 108 cm³/mol. The van der Waals surface area contributed by atoms with Crippen molar-refractivity contribution in [2.75, 3.05) is 0 Å². The third-order valence-electron chi connectivity index (χ3n) is 6.57. The summed E-state index contributed by atoms with van der Waals surface area (Å²) in [5, 5.41) is 0. The van der Waals surface area contributed by atoms with E-state index in [9.17, 15) is 0 Å². The summed E-state index contributed by atoms with van der Waals surface area (Å²) < 4.78 is 0. The van der Waals surface area contributed by atoms with Gasteiger partial charge in [0.1, 0.15) is 0 Å². The van der Waals surface area contributed by atoms with Gasteiger partial charge in [-0.1, -0.05) is 50.0 Å². The lowest BCUT2D eigenvalue weighted by Gasteiger charge is -2.28. The van der Waals surface area contributed by atoms with Crippen molar-refractivity contribution in [3.05, 3.63) is 37.5 Å². The third-order valence-corrected chi connectivity index (χ3v) is 6.57. The first kappa shape index (κ1) is 19.5. The Hall–Kier alpha value is -0.780. The van der Waals surface area contributed by atoms with Gasteiger partial charge in [-0.3, -0.25) is 0 Å². The molecule has 0 atom stereocenters. The topological polar surface area (TPSA) is 0 Å². The van der Waals surface area contributed by atoms with Gasteiger partial charge in [-0.15, -0.1) is 13.2 Å². The average molecular weight is 329 g/mol. The van der Waals surface area contributed by atoms with Gasteiger partial charge in [0.15, 0.2) is 0 Å². The van der Waals surface area contributed by atoms with Crippen molar-refractivity contribution in [3.63, 3.8) is 0 Å². The molecule has 0 heterocycles. The highest BCUT2D eigenvalue weighted by molar-refractivity contribution is 4.92. The number of allylic oxidation sites excluding steroid dienone is 4. The Morgan fingerprint density at radius 2 is 1.00 bits per heavy atom. The van der Waals surface area contributed by atoms with Crippen molar-refractivity contribution < 1.29 is 0 Å². The second kappa shape index (κ2) is 11.7. The Morgan fingerprint density at radius 1 is 0.583 bits per heavy atom. The van der Waals surface area contributed by atoms with E-state index in [1.54, 1.807) is 0 Å². The first-order chi connectivity index (χ1) is 11.8. The highest BCUT2D eigenvalue weighted by Gasteiger charge is 2.20. The van der Waals surface area contributed by atoms with E-state index >= 15 is 0 Å². The van der Waals surface area contributed by atoms with Crippen molar-refractivity contribution in [1.29, 1.82) is 0 Å². The molecule has 0 saturated heterocycles. The van der Waals surface area contributed by atoms with Gasteiger partial charge < -0.3 is 0 Å². The molecule has 0 radical (unpaired) electrons. The molecule has 0 unspecified atom stereocenters. The Bertz CT molecular complexity index is 361. The van der Waals surface area contributed by atoms with Crippen LogP contribution in [0.2, 0.25) is 0 Å². The quantitative estimate of drug-likeness (QED) is 0.358. The van der Waals surface area contributed by atoms with Crippen LogP contribution in [0.1, 0.15) is 89.9 Å². The minimum absolute atomic E-state index is 0.875. The van der Waals surface area contributed by atoms with Gasteiger partial charge in [0.05, 0.1) is 0 Å². The summed E-state index contributed by atoms with van der Waals surface area (Å²) in [7, 11) is 0. The molecule has 0 bridgehead atoms. The fourth-order valence-corrected chi connectivity index (χ4v) is 4.81. The largest absolute Gasteiger partial charge is 0.103 e. The lowest BCUT2D eigenvalue weighted by atomic mass is 9.78. The molecular formula is C24H40. The maximum atomic E-state index is 3.85. The lowest BCUT2D eigenvalue weighted by Crippen LogP contribution is -2.14. The van der Waals surface area contributed by atoms with Crippen molar-refractivity contribution in [3.8, 4) is 0 Å².